The van der Waals surface area contributed by atoms with Crippen molar-refractivity contribution in [2.24, 2.45) is 5.73 Å². The zero-order valence-corrected chi connectivity index (χ0v) is 7.40. The first-order valence-electron chi connectivity index (χ1n) is 4.22. The Hall–Kier alpha value is -1.75. The van der Waals surface area contributed by atoms with Crippen molar-refractivity contribution in [1.82, 2.24) is 5.16 Å². The highest BCUT2D eigenvalue weighted by Gasteiger charge is 2.19. The van der Waals surface area contributed by atoms with E-state index >= 15 is 0 Å². The SMILES string of the molecule is NCCc1c([O])noc1-c1ccco1. The molecule has 0 aliphatic carbocycles. The van der Waals surface area contributed by atoms with Crippen LogP contribution in [-0.4, -0.2) is 11.7 Å². The molecule has 73 valence electrons. The van der Waals surface area contributed by atoms with E-state index in [-0.39, 0.29) is 5.88 Å². The van der Waals surface area contributed by atoms with Crippen LogP contribution in [0.4, 0.5) is 0 Å². The molecule has 0 unspecified atom stereocenters. The minimum Gasteiger partial charge on any atom is -0.461 e. The van der Waals surface area contributed by atoms with E-state index in [9.17, 15) is 5.11 Å². The first-order chi connectivity index (χ1) is 6.83. The lowest BCUT2D eigenvalue weighted by Gasteiger charge is -1.94. The van der Waals surface area contributed by atoms with Crippen molar-refractivity contribution in [3.8, 4) is 17.4 Å². The van der Waals surface area contributed by atoms with Crippen LogP contribution in [0.25, 0.3) is 11.5 Å². The maximum atomic E-state index is 11.2. The third-order valence-electron chi connectivity index (χ3n) is 1.89. The minimum absolute atomic E-state index is 0.373. The molecule has 0 saturated carbocycles. The minimum atomic E-state index is -0.373. The molecule has 2 heterocycles. The van der Waals surface area contributed by atoms with Crippen molar-refractivity contribution in [1.29, 1.82) is 0 Å². The summed E-state index contributed by atoms with van der Waals surface area (Å²) in [5, 5.41) is 14.6. The highest BCUT2D eigenvalue weighted by molar-refractivity contribution is 5.57. The quantitative estimate of drug-likeness (QED) is 0.801. The summed E-state index contributed by atoms with van der Waals surface area (Å²) in [6, 6.07) is 3.43. The fourth-order valence-electron chi connectivity index (χ4n) is 1.26. The zero-order chi connectivity index (χ0) is 9.97. The van der Waals surface area contributed by atoms with Crippen molar-refractivity contribution in [2.45, 2.75) is 6.42 Å². The third-order valence-corrected chi connectivity index (χ3v) is 1.89. The second-order valence-corrected chi connectivity index (χ2v) is 2.81. The molecule has 0 aromatic carbocycles. The van der Waals surface area contributed by atoms with E-state index in [4.69, 9.17) is 14.7 Å². The van der Waals surface area contributed by atoms with Gasteiger partial charge in [0.15, 0.2) is 5.76 Å². The summed E-state index contributed by atoms with van der Waals surface area (Å²) < 4.78 is 9.99. The van der Waals surface area contributed by atoms with Gasteiger partial charge in [0.1, 0.15) is 0 Å². The van der Waals surface area contributed by atoms with Crippen molar-refractivity contribution in [3.63, 3.8) is 0 Å². The molecule has 5 nitrogen and oxygen atoms in total. The molecule has 0 fully saturated rings. The second kappa shape index (κ2) is 3.55. The number of rotatable bonds is 3. The number of nitrogens with zero attached hydrogens (tertiary/aromatic N) is 1. The van der Waals surface area contributed by atoms with E-state index in [0.29, 0.717) is 30.0 Å². The van der Waals surface area contributed by atoms with E-state index in [0.717, 1.165) is 0 Å². The van der Waals surface area contributed by atoms with E-state index in [1.54, 1.807) is 12.1 Å². The molecular weight excluding hydrogens is 184 g/mol. The molecule has 0 atom stereocenters. The van der Waals surface area contributed by atoms with Crippen molar-refractivity contribution >= 4 is 0 Å². The summed E-state index contributed by atoms with van der Waals surface area (Å²) in [6.45, 7) is 0.379. The molecule has 2 aromatic heterocycles. The summed E-state index contributed by atoms with van der Waals surface area (Å²) in [6.07, 6.45) is 1.95. The van der Waals surface area contributed by atoms with Gasteiger partial charge in [-0.05, 0) is 30.3 Å². The Morgan fingerprint density at radius 2 is 2.36 bits per heavy atom. The van der Waals surface area contributed by atoms with Gasteiger partial charge in [-0.3, -0.25) is 5.11 Å². The smallest absolute Gasteiger partial charge is 0.312 e. The molecule has 2 rings (SSSR count). The van der Waals surface area contributed by atoms with E-state index in [2.05, 4.69) is 5.16 Å². The predicted molar refractivity (Wildman–Crippen MR) is 47.1 cm³/mol. The van der Waals surface area contributed by atoms with E-state index in [1.807, 2.05) is 0 Å². The summed E-state index contributed by atoms with van der Waals surface area (Å²) in [5.74, 6) is 0.510. The van der Waals surface area contributed by atoms with Gasteiger partial charge in [0.25, 0.3) is 0 Å². The van der Waals surface area contributed by atoms with E-state index < -0.39 is 0 Å². The molecule has 0 amide bonds. The average molecular weight is 193 g/mol. The van der Waals surface area contributed by atoms with Crippen LogP contribution in [0.2, 0.25) is 0 Å². The molecular formula is C9H9N2O3. The molecule has 0 bridgehead atoms. The number of furan rings is 1. The first kappa shape index (κ1) is 8.83. The Labute approximate surface area is 80.1 Å². The Morgan fingerprint density at radius 1 is 1.50 bits per heavy atom. The number of hydrogen-bond acceptors (Lipinski definition) is 4. The Kier molecular flexibility index (Phi) is 2.24. The summed E-state index contributed by atoms with van der Waals surface area (Å²) in [7, 11) is 0. The lowest BCUT2D eigenvalue weighted by molar-refractivity contribution is 0.295. The van der Waals surface area contributed by atoms with Crippen molar-refractivity contribution < 1.29 is 14.0 Å². The molecule has 2 aromatic rings. The van der Waals surface area contributed by atoms with Crippen LogP contribution in [0.3, 0.4) is 0 Å². The van der Waals surface area contributed by atoms with Gasteiger partial charge in [0, 0.05) is 0 Å². The number of nitrogens with two attached hydrogens (primary N) is 1. The molecule has 2 N–H and O–H groups in total. The molecule has 5 heteroatoms. The van der Waals surface area contributed by atoms with Gasteiger partial charge in [-0.2, -0.15) is 0 Å². The Bertz CT molecular complexity index is 406. The first-order valence-corrected chi connectivity index (χ1v) is 4.22. The normalized spacial score (nSPS) is 10.6. The molecule has 0 saturated heterocycles. The van der Waals surface area contributed by atoms with Gasteiger partial charge in [0.2, 0.25) is 5.76 Å². The molecule has 0 spiro atoms. The van der Waals surface area contributed by atoms with Crippen LogP contribution in [-0.2, 0) is 11.5 Å². The van der Waals surface area contributed by atoms with Crippen molar-refractivity contribution in [2.75, 3.05) is 6.54 Å². The van der Waals surface area contributed by atoms with Crippen LogP contribution in [0.1, 0.15) is 5.56 Å². The predicted octanol–water partition coefficient (Wildman–Crippen LogP) is 1.58. The highest BCUT2D eigenvalue weighted by atomic mass is 16.5. The van der Waals surface area contributed by atoms with Gasteiger partial charge in [-0.25, -0.2) is 0 Å². The third kappa shape index (κ3) is 1.38. The second-order valence-electron chi connectivity index (χ2n) is 2.81. The molecule has 1 radical (unpaired) electrons. The Balaban J connectivity index is 2.43. The van der Waals surface area contributed by atoms with Crippen LogP contribution in [0.5, 0.6) is 5.88 Å². The zero-order valence-electron chi connectivity index (χ0n) is 7.40. The summed E-state index contributed by atoms with van der Waals surface area (Å²) >= 11 is 0. The maximum absolute atomic E-state index is 11.2. The van der Waals surface area contributed by atoms with Gasteiger partial charge in [-0.15, -0.1) is 0 Å². The lowest BCUT2D eigenvalue weighted by atomic mass is 10.1. The molecule has 0 aliphatic heterocycles. The van der Waals surface area contributed by atoms with Crippen LogP contribution < -0.4 is 5.73 Å². The fraction of sp³-hybridized carbons (Fsp3) is 0.222. The number of aromatic nitrogens is 1. The fourth-order valence-corrected chi connectivity index (χ4v) is 1.26. The van der Waals surface area contributed by atoms with Gasteiger partial charge in [0.05, 0.1) is 11.8 Å². The van der Waals surface area contributed by atoms with Crippen LogP contribution in [0.15, 0.2) is 27.3 Å². The van der Waals surface area contributed by atoms with Gasteiger partial charge < -0.3 is 14.7 Å². The summed E-state index contributed by atoms with van der Waals surface area (Å²) in [5.41, 5.74) is 5.85. The monoisotopic (exact) mass is 193 g/mol. The lowest BCUT2D eigenvalue weighted by Crippen LogP contribution is -2.02. The molecule has 14 heavy (non-hydrogen) atoms. The van der Waals surface area contributed by atoms with Crippen LogP contribution in [0, 0.1) is 0 Å². The maximum Gasteiger partial charge on any atom is 0.312 e. The average Bonchev–Trinajstić information content (AvgIpc) is 2.77. The van der Waals surface area contributed by atoms with Gasteiger partial charge >= 0.3 is 5.88 Å². The standard InChI is InChI=1S/C9H9N2O3/c10-4-3-6-8(14-11-9(6)12)7-2-1-5-13-7/h1-2,5H,3-4,10H2. The highest BCUT2D eigenvalue weighted by Crippen LogP contribution is 2.30. The van der Waals surface area contributed by atoms with Crippen LogP contribution >= 0.6 is 0 Å². The van der Waals surface area contributed by atoms with Crippen molar-refractivity contribution in [3.05, 3.63) is 24.0 Å². The topological polar surface area (TPSA) is 85.1 Å². The van der Waals surface area contributed by atoms with E-state index in [1.165, 1.54) is 6.26 Å². The largest absolute Gasteiger partial charge is 0.461 e. The Morgan fingerprint density at radius 3 is 3.00 bits per heavy atom. The van der Waals surface area contributed by atoms with Gasteiger partial charge in [-0.1, -0.05) is 0 Å². The molecule has 0 aliphatic rings. The number of hydrogen-bond donors (Lipinski definition) is 1. The summed E-state index contributed by atoms with van der Waals surface area (Å²) in [4.78, 5) is 0.